The summed E-state index contributed by atoms with van der Waals surface area (Å²) in [6, 6.07) is 1.86. The Kier molecular flexibility index (Phi) is 6.58. The van der Waals surface area contributed by atoms with Gasteiger partial charge in [0, 0.05) is 4.78 Å². The van der Waals surface area contributed by atoms with Gasteiger partial charge in [-0.05, 0) is 40.4 Å². The van der Waals surface area contributed by atoms with E-state index in [1.165, 1.54) is 30.6 Å². The maximum atomic E-state index is 10.4. The summed E-state index contributed by atoms with van der Waals surface area (Å²) < 4.78 is 1.59. The van der Waals surface area contributed by atoms with E-state index in [0.717, 1.165) is 22.2 Å². The molecule has 1 rings (SSSR count). The molecule has 0 saturated heterocycles. The van der Waals surface area contributed by atoms with E-state index in [1.807, 2.05) is 6.07 Å². The lowest BCUT2D eigenvalue weighted by atomic mass is 9.78. The minimum absolute atomic E-state index is 0.618. The predicted molar refractivity (Wildman–Crippen MR) is 76.8 cm³/mol. The Balaban J connectivity index is 2.61. The fraction of sp³-hybridized carbons (Fsp3) is 0.600. The van der Waals surface area contributed by atoms with Crippen molar-refractivity contribution in [3.8, 4) is 0 Å². The van der Waals surface area contributed by atoms with Gasteiger partial charge in [0.15, 0.2) is 0 Å². The Morgan fingerprint density at radius 3 is 2.59 bits per heavy atom. The van der Waals surface area contributed by atoms with E-state index in [-0.39, 0.29) is 0 Å². The van der Waals surface area contributed by atoms with Gasteiger partial charge in [-0.3, -0.25) is 0 Å². The summed E-state index contributed by atoms with van der Waals surface area (Å²) in [7, 11) is 0. The molecule has 0 spiro atoms. The lowest BCUT2D eigenvalue weighted by molar-refractivity contribution is 0.667. The Labute approximate surface area is 113 Å². The average molecular weight is 317 g/mol. The number of rotatable bonds is 8. The lowest BCUT2D eigenvalue weighted by Gasteiger charge is -1.98. The van der Waals surface area contributed by atoms with Gasteiger partial charge >= 0.3 is 6.98 Å². The molecule has 0 aliphatic heterocycles. The van der Waals surface area contributed by atoms with Crippen molar-refractivity contribution >= 4 is 39.0 Å². The molecule has 1 heterocycles. The second-order valence-corrected chi connectivity index (χ2v) is 6.24. The average Bonchev–Trinajstić information content (AvgIpc) is 2.68. The first-order valence-electron chi connectivity index (χ1n) is 5.66. The van der Waals surface area contributed by atoms with E-state index in [2.05, 4.69) is 33.0 Å². The van der Waals surface area contributed by atoms with Gasteiger partial charge < -0.3 is 0 Å². The summed E-state index contributed by atoms with van der Waals surface area (Å²) in [5.74, 6) is 0. The molecule has 0 radical (unpaired) electrons. The number of aryl methyl sites for hydroxylation is 1. The van der Waals surface area contributed by atoms with Crippen molar-refractivity contribution in [2.24, 2.45) is 10.2 Å². The van der Waals surface area contributed by atoms with Gasteiger partial charge in [0.1, 0.15) is 0 Å². The van der Waals surface area contributed by atoms with Gasteiger partial charge in [-0.2, -0.15) is 9.81 Å². The molecule has 4 nitrogen and oxygen atoms in total. The van der Waals surface area contributed by atoms with E-state index in [9.17, 15) is 9.81 Å². The van der Waals surface area contributed by atoms with E-state index in [4.69, 9.17) is 0 Å². The molecule has 0 N–H and O–H groups in total. The van der Waals surface area contributed by atoms with E-state index >= 15 is 0 Å². The minimum Gasteiger partial charge on any atom is -0.164 e. The fourth-order valence-corrected chi connectivity index (χ4v) is 3.36. The van der Waals surface area contributed by atoms with Gasteiger partial charge in [-0.25, -0.2) is 0 Å². The van der Waals surface area contributed by atoms with Crippen LogP contribution in [0, 0.1) is 9.81 Å². The number of halogens is 1. The molecule has 0 aliphatic rings. The molecule has 0 atom stereocenters. The molecule has 92 valence electrons. The largest absolute Gasteiger partial charge is 0.558 e. The van der Waals surface area contributed by atoms with Gasteiger partial charge in [-0.15, -0.1) is 11.3 Å². The number of thiophene rings is 1. The number of nitroso groups, excluding NO2 is 2. The second kappa shape index (κ2) is 7.71. The number of hydrogen-bond donors (Lipinski definition) is 0. The van der Waals surface area contributed by atoms with Crippen LogP contribution in [0.25, 0.3) is 0 Å². The zero-order valence-corrected chi connectivity index (χ0v) is 12.1. The van der Waals surface area contributed by atoms with Crippen molar-refractivity contribution in [2.75, 3.05) is 0 Å². The quantitative estimate of drug-likeness (QED) is 0.415. The predicted octanol–water partition coefficient (Wildman–Crippen LogP) is 3.86. The topological polar surface area (TPSA) is 58.9 Å². The molecular weight excluding hydrogens is 303 g/mol. The van der Waals surface area contributed by atoms with Crippen LogP contribution in [0.1, 0.15) is 38.2 Å². The molecule has 0 saturated carbocycles. The third kappa shape index (κ3) is 4.31. The van der Waals surface area contributed by atoms with E-state index in [1.54, 1.807) is 0 Å². The van der Waals surface area contributed by atoms with E-state index < -0.39 is 6.98 Å². The highest BCUT2D eigenvalue weighted by molar-refractivity contribution is 9.11. The molecule has 0 aliphatic carbocycles. The van der Waals surface area contributed by atoms with Crippen molar-refractivity contribution in [1.29, 1.82) is 0 Å². The highest BCUT2D eigenvalue weighted by Crippen LogP contribution is 2.24. The normalized spacial score (nSPS) is 10.2. The van der Waals surface area contributed by atoms with Crippen LogP contribution in [-0.4, -0.2) is 6.98 Å². The third-order valence-corrected chi connectivity index (χ3v) is 4.53. The summed E-state index contributed by atoms with van der Waals surface area (Å²) in [6.07, 6.45) is 5.73. The minimum atomic E-state index is -1.10. The molecular formula is C10H14BBrN2O2S. The van der Waals surface area contributed by atoms with Crippen LogP contribution in [0.5, 0.6) is 0 Å². The van der Waals surface area contributed by atoms with Crippen LogP contribution in [0.2, 0.25) is 0 Å². The maximum absolute atomic E-state index is 10.4. The summed E-state index contributed by atoms with van der Waals surface area (Å²) in [5.41, 5.74) is 1.14. The Hall–Kier alpha value is -0.555. The van der Waals surface area contributed by atoms with Crippen molar-refractivity contribution < 1.29 is 0 Å². The fourth-order valence-electron chi connectivity index (χ4n) is 1.59. The molecule has 7 heteroatoms. The molecule has 0 unspecified atom stereocenters. The first-order valence-corrected chi connectivity index (χ1v) is 7.26. The number of unbranched alkanes of at least 4 members (excludes halogenated alkanes) is 3. The molecule has 0 amide bonds. The highest BCUT2D eigenvalue weighted by atomic mass is 79.9. The Morgan fingerprint density at radius 2 is 2.00 bits per heavy atom. The summed E-state index contributed by atoms with van der Waals surface area (Å²) in [4.78, 5) is 20.8. The van der Waals surface area contributed by atoms with Gasteiger partial charge in [0.05, 0.1) is 3.79 Å². The molecule has 0 fully saturated rings. The standard InChI is InChI=1S/C10H14BBrN2O2S/c1-2-3-4-5-6-8-7-9(17-10(8)12)11(13-15)14-16/h7H,2-6H2,1H3. The zero-order valence-electron chi connectivity index (χ0n) is 9.69. The highest BCUT2D eigenvalue weighted by Gasteiger charge is 2.24. The van der Waals surface area contributed by atoms with Crippen LogP contribution >= 0.6 is 27.3 Å². The molecule has 0 bridgehead atoms. The number of nitrogens with zero attached hydrogens (tertiary/aromatic N) is 2. The second-order valence-electron chi connectivity index (χ2n) is 3.84. The monoisotopic (exact) mass is 316 g/mol. The Bertz CT molecular complexity index is 378. The van der Waals surface area contributed by atoms with Gasteiger partial charge in [0.2, 0.25) is 0 Å². The maximum Gasteiger partial charge on any atom is 0.558 e. The van der Waals surface area contributed by atoms with E-state index in [0.29, 0.717) is 4.78 Å². The first kappa shape index (κ1) is 14.5. The molecule has 17 heavy (non-hydrogen) atoms. The summed E-state index contributed by atoms with van der Waals surface area (Å²) in [6.45, 7) is 1.08. The van der Waals surface area contributed by atoms with Crippen LogP contribution in [0.3, 0.4) is 0 Å². The molecule has 0 aromatic carbocycles. The first-order chi connectivity index (χ1) is 8.22. The van der Waals surface area contributed by atoms with Crippen LogP contribution in [0.4, 0.5) is 0 Å². The van der Waals surface area contributed by atoms with Crippen molar-refractivity contribution in [3.05, 3.63) is 25.2 Å². The van der Waals surface area contributed by atoms with Crippen molar-refractivity contribution in [1.82, 2.24) is 0 Å². The van der Waals surface area contributed by atoms with Gasteiger partial charge in [-0.1, -0.05) is 36.4 Å². The zero-order chi connectivity index (χ0) is 12.7. The molecule has 1 aromatic heterocycles. The van der Waals surface area contributed by atoms with Crippen molar-refractivity contribution in [3.63, 3.8) is 0 Å². The third-order valence-electron chi connectivity index (χ3n) is 2.53. The van der Waals surface area contributed by atoms with Crippen LogP contribution in [0.15, 0.2) is 20.0 Å². The van der Waals surface area contributed by atoms with Crippen LogP contribution in [-0.2, 0) is 6.42 Å². The van der Waals surface area contributed by atoms with Crippen molar-refractivity contribution in [2.45, 2.75) is 39.0 Å². The smallest absolute Gasteiger partial charge is 0.164 e. The Morgan fingerprint density at radius 1 is 1.29 bits per heavy atom. The summed E-state index contributed by atoms with van der Waals surface area (Å²) in [5, 5.41) is 5.40. The number of hydrogen-bond acceptors (Lipinski definition) is 5. The summed E-state index contributed by atoms with van der Waals surface area (Å²) >= 11 is 4.81. The molecule has 1 aromatic rings. The van der Waals surface area contributed by atoms with Crippen LogP contribution < -0.4 is 4.78 Å². The van der Waals surface area contributed by atoms with Gasteiger partial charge in [0.25, 0.3) is 0 Å². The SMILES string of the molecule is CCCCCCc1cc(B(N=O)N=O)sc1Br. The lowest BCUT2D eigenvalue weighted by Crippen LogP contribution is -2.21.